The number of hydrogen-bond acceptors (Lipinski definition) is 5. The summed E-state index contributed by atoms with van der Waals surface area (Å²) in [7, 11) is 0. The van der Waals surface area contributed by atoms with Gasteiger partial charge in [-0.05, 0) is 49.9 Å². The Kier molecular flexibility index (Phi) is 5.58. The summed E-state index contributed by atoms with van der Waals surface area (Å²) in [6.45, 7) is 6.13. The number of ketones is 2. The third-order valence-corrected chi connectivity index (χ3v) is 5.23. The highest BCUT2D eigenvalue weighted by molar-refractivity contribution is 6.15. The molecule has 1 saturated carbocycles. The predicted octanol–water partition coefficient (Wildman–Crippen LogP) is 2.77. The van der Waals surface area contributed by atoms with Gasteiger partial charge in [-0.3, -0.25) is 14.4 Å². The first-order valence-electron chi connectivity index (χ1n) is 9.36. The van der Waals surface area contributed by atoms with Crippen LogP contribution in [-0.2, 0) is 9.59 Å². The molecule has 0 bridgehead atoms. The molecule has 2 atom stereocenters. The van der Waals surface area contributed by atoms with Gasteiger partial charge >= 0.3 is 0 Å². The molecule has 3 rings (SSSR count). The molecule has 6 heteroatoms. The maximum absolute atomic E-state index is 12.9. The zero-order chi connectivity index (χ0) is 20.4. The van der Waals surface area contributed by atoms with Crippen LogP contribution in [0.1, 0.15) is 51.5 Å². The van der Waals surface area contributed by atoms with E-state index in [1.807, 2.05) is 32.9 Å². The lowest BCUT2D eigenvalue weighted by molar-refractivity contribution is -0.124. The summed E-state index contributed by atoms with van der Waals surface area (Å²) in [6, 6.07) is 8.41. The Morgan fingerprint density at radius 3 is 2.50 bits per heavy atom. The first-order valence-corrected chi connectivity index (χ1v) is 9.36. The van der Waals surface area contributed by atoms with E-state index >= 15 is 0 Å². The molecule has 2 aromatic rings. The van der Waals surface area contributed by atoms with Crippen LogP contribution in [0.3, 0.4) is 0 Å². The minimum atomic E-state index is -0.700. The molecule has 0 spiro atoms. The van der Waals surface area contributed by atoms with Crippen LogP contribution in [0, 0.1) is 26.7 Å². The number of hydrogen-bond donors (Lipinski definition) is 2. The second kappa shape index (κ2) is 7.92. The average Bonchev–Trinajstić information content (AvgIpc) is 2.89. The van der Waals surface area contributed by atoms with Gasteiger partial charge in [-0.1, -0.05) is 23.8 Å². The Morgan fingerprint density at radius 1 is 1.18 bits per heavy atom. The minimum Gasteiger partial charge on any atom is -0.493 e. The summed E-state index contributed by atoms with van der Waals surface area (Å²) in [5.74, 6) is -1.86. The highest BCUT2D eigenvalue weighted by atomic mass is 16.3. The molecule has 6 nitrogen and oxygen atoms in total. The fraction of sp³-hybridized carbons (Fsp3) is 0.364. The molecule has 1 heterocycles. The Balaban J connectivity index is 1.65. The zero-order valence-corrected chi connectivity index (χ0v) is 16.3. The third kappa shape index (κ3) is 3.96. The number of nitrogens with one attached hydrogen (secondary N) is 1. The quantitative estimate of drug-likeness (QED) is 0.778. The molecule has 2 N–H and O–H groups in total. The molecule has 1 amide bonds. The van der Waals surface area contributed by atoms with Gasteiger partial charge in [0, 0.05) is 24.9 Å². The van der Waals surface area contributed by atoms with Gasteiger partial charge in [-0.2, -0.15) is 0 Å². The number of carbonyl (C=O) groups excluding carboxylic acids is 3. The Morgan fingerprint density at radius 2 is 1.86 bits per heavy atom. The van der Waals surface area contributed by atoms with Gasteiger partial charge in [0.1, 0.15) is 17.4 Å². The molecule has 1 fully saturated rings. The van der Waals surface area contributed by atoms with E-state index < -0.39 is 17.7 Å². The number of carbonyl (C=O) groups is 3. The van der Waals surface area contributed by atoms with E-state index in [-0.39, 0.29) is 36.1 Å². The van der Waals surface area contributed by atoms with Crippen molar-refractivity contribution >= 4 is 17.5 Å². The second-order valence-corrected chi connectivity index (χ2v) is 7.44. The molecule has 1 aliphatic carbocycles. The first kappa shape index (κ1) is 19.7. The molecule has 146 valence electrons. The van der Waals surface area contributed by atoms with Gasteiger partial charge in [0.25, 0.3) is 5.91 Å². The maximum Gasteiger partial charge on any atom is 0.270 e. The number of aromatic nitrogens is 1. The van der Waals surface area contributed by atoms with E-state index in [0.29, 0.717) is 6.42 Å². The molecule has 1 aromatic carbocycles. The predicted molar refractivity (Wildman–Crippen MR) is 104 cm³/mol. The molecule has 0 aliphatic heterocycles. The summed E-state index contributed by atoms with van der Waals surface area (Å²) in [5, 5.41) is 12.0. The van der Waals surface area contributed by atoms with Gasteiger partial charge in [-0.25, -0.2) is 4.98 Å². The number of rotatable bonds is 5. The van der Waals surface area contributed by atoms with Crippen molar-refractivity contribution in [1.29, 1.82) is 0 Å². The highest BCUT2D eigenvalue weighted by Gasteiger charge is 2.42. The number of nitrogens with zero attached hydrogens (tertiary/aromatic N) is 1. The fourth-order valence-electron chi connectivity index (χ4n) is 4.05. The standard InChI is InChI=1S/C22H24N2O4/c1-12-9-13(2)19(14(3)10-12)20-17(25)11-15(21(20)27)7-8-23-22(28)16-5-4-6-18(26)24-16/h4-6,9-10,15,20H,7-8,11H2,1-3H3,(H,23,28)(H,24,26). The van der Waals surface area contributed by atoms with Crippen LogP contribution in [-0.4, -0.2) is 34.1 Å². The maximum atomic E-state index is 12.9. The number of amides is 1. The van der Waals surface area contributed by atoms with Crippen LogP contribution >= 0.6 is 0 Å². The minimum absolute atomic E-state index is 0.0500. The van der Waals surface area contributed by atoms with Crippen molar-refractivity contribution < 1.29 is 19.5 Å². The molecule has 1 aliphatic rings. The number of Topliss-reactive ketones (excluding diaryl/α,β-unsaturated/α-hetero) is 2. The molecule has 0 radical (unpaired) electrons. The lowest BCUT2D eigenvalue weighted by Crippen LogP contribution is -2.28. The van der Waals surface area contributed by atoms with E-state index in [4.69, 9.17) is 0 Å². The first-order chi connectivity index (χ1) is 13.3. The largest absolute Gasteiger partial charge is 0.493 e. The van der Waals surface area contributed by atoms with E-state index in [1.165, 1.54) is 18.2 Å². The lowest BCUT2D eigenvalue weighted by atomic mass is 9.86. The van der Waals surface area contributed by atoms with Gasteiger partial charge in [0.2, 0.25) is 5.88 Å². The Labute approximate surface area is 164 Å². The van der Waals surface area contributed by atoms with Gasteiger partial charge < -0.3 is 10.4 Å². The topological polar surface area (TPSA) is 96.4 Å². The van der Waals surface area contributed by atoms with Gasteiger partial charge in [0.05, 0.1) is 0 Å². The normalized spacial score (nSPS) is 19.1. The van der Waals surface area contributed by atoms with Gasteiger partial charge in [0.15, 0.2) is 5.78 Å². The molecule has 1 aromatic heterocycles. The van der Waals surface area contributed by atoms with Crippen LogP contribution in [0.4, 0.5) is 0 Å². The van der Waals surface area contributed by atoms with Crippen molar-refractivity contribution in [3.8, 4) is 5.88 Å². The van der Waals surface area contributed by atoms with Crippen molar-refractivity contribution in [3.63, 3.8) is 0 Å². The van der Waals surface area contributed by atoms with Crippen molar-refractivity contribution in [2.75, 3.05) is 6.54 Å². The summed E-state index contributed by atoms with van der Waals surface area (Å²) in [6.07, 6.45) is 0.603. The van der Waals surface area contributed by atoms with E-state index in [1.54, 1.807) is 0 Å². The summed E-state index contributed by atoms with van der Waals surface area (Å²) >= 11 is 0. The number of aryl methyl sites for hydroxylation is 3. The van der Waals surface area contributed by atoms with Gasteiger partial charge in [-0.15, -0.1) is 0 Å². The van der Waals surface area contributed by atoms with Crippen LogP contribution in [0.2, 0.25) is 0 Å². The number of aromatic hydroxyl groups is 1. The zero-order valence-electron chi connectivity index (χ0n) is 16.3. The average molecular weight is 380 g/mol. The molecule has 28 heavy (non-hydrogen) atoms. The second-order valence-electron chi connectivity index (χ2n) is 7.44. The van der Waals surface area contributed by atoms with Crippen LogP contribution in [0.15, 0.2) is 30.3 Å². The summed E-state index contributed by atoms with van der Waals surface area (Å²) in [5.41, 5.74) is 3.98. The summed E-state index contributed by atoms with van der Waals surface area (Å²) in [4.78, 5) is 41.4. The monoisotopic (exact) mass is 380 g/mol. The lowest BCUT2D eigenvalue weighted by Gasteiger charge is -2.16. The highest BCUT2D eigenvalue weighted by Crippen LogP contribution is 2.37. The summed E-state index contributed by atoms with van der Waals surface area (Å²) < 4.78 is 0. The van der Waals surface area contributed by atoms with Crippen molar-refractivity contribution in [2.24, 2.45) is 5.92 Å². The SMILES string of the molecule is Cc1cc(C)c(C2C(=O)CC(CCNC(=O)c3cccc(O)n3)C2=O)c(C)c1. The third-order valence-electron chi connectivity index (χ3n) is 5.23. The molecule has 2 unspecified atom stereocenters. The number of benzene rings is 1. The smallest absolute Gasteiger partial charge is 0.270 e. The van der Waals surface area contributed by atoms with Crippen molar-refractivity contribution in [1.82, 2.24) is 10.3 Å². The van der Waals surface area contributed by atoms with E-state index in [2.05, 4.69) is 10.3 Å². The van der Waals surface area contributed by atoms with Crippen molar-refractivity contribution in [2.45, 2.75) is 39.5 Å². The van der Waals surface area contributed by atoms with E-state index in [0.717, 1.165) is 22.3 Å². The molecule has 0 saturated heterocycles. The Bertz CT molecular complexity index is 928. The van der Waals surface area contributed by atoms with Crippen LogP contribution < -0.4 is 5.32 Å². The fourth-order valence-corrected chi connectivity index (χ4v) is 4.05. The van der Waals surface area contributed by atoms with Crippen molar-refractivity contribution in [3.05, 3.63) is 58.3 Å². The number of pyridine rings is 1. The molecular formula is C22H24N2O4. The van der Waals surface area contributed by atoms with Crippen LogP contribution in [0.5, 0.6) is 5.88 Å². The van der Waals surface area contributed by atoms with Crippen LogP contribution in [0.25, 0.3) is 0 Å². The Hall–Kier alpha value is -3.02. The van der Waals surface area contributed by atoms with E-state index in [9.17, 15) is 19.5 Å². The molecular weight excluding hydrogens is 356 g/mol.